The molecular weight excluding hydrogens is 424 g/mol. The number of carbonyl (C=O) groups is 2. The summed E-state index contributed by atoms with van der Waals surface area (Å²) in [6.45, 7) is 0. The Hall–Kier alpha value is -2.62. The first-order valence-electron chi connectivity index (χ1n) is 13.3. The molecule has 0 saturated heterocycles. The summed E-state index contributed by atoms with van der Waals surface area (Å²) in [6, 6.07) is 16.9. The maximum absolute atomic E-state index is 13.3. The predicted octanol–water partition coefficient (Wildman–Crippen LogP) is 6.26. The first-order chi connectivity index (χ1) is 16.7. The van der Waals surface area contributed by atoms with Crippen LogP contribution in [-0.2, 0) is 19.1 Å². The fourth-order valence-electron chi connectivity index (χ4n) is 6.98. The maximum atomic E-state index is 13.3. The average Bonchev–Trinajstić information content (AvgIpc) is 2.90. The van der Waals surface area contributed by atoms with Crippen molar-refractivity contribution in [1.82, 2.24) is 0 Å². The second-order valence-electron chi connectivity index (χ2n) is 10.7. The van der Waals surface area contributed by atoms with Gasteiger partial charge in [0.25, 0.3) is 0 Å². The van der Waals surface area contributed by atoms with E-state index >= 15 is 0 Å². The zero-order valence-electron chi connectivity index (χ0n) is 19.8. The molecule has 0 radical (unpaired) electrons. The maximum Gasteiger partial charge on any atom is 0.309 e. The number of carbonyl (C=O) groups excluding carboxylic acids is 2. The molecule has 2 aromatic rings. The molecule has 4 nitrogen and oxygen atoms in total. The highest BCUT2D eigenvalue weighted by molar-refractivity contribution is 5.75. The highest BCUT2D eigenvalue weighted by Gasteiger charge is 2.54. The Morgan fingerprint density at radius 1 is 0.529 bits per heavy atom. The third kappa shape index (κ3) is 3.76. The lowest BCUT2D eigenvalue weighted by atomic mass is 9.61. The number of rotatable bonds is 4. The van der Waals surface area contributed by atoms with Gasteiger partial charge in [-0.15, -0.1) is 0 Å². The summed E-state index contributed by atoms with van der Waals surface area (Å²) in [6.07, 6.45) is 9.39. The molecule has 0 aromatic heterocycles. The van der Waals surface area contributed by atoms with Crippen molar-refractivity contribution in [2.24, 2.45) is 11.8 Å². The van der Waals surface area contributed by atoms with Crippen molar-refractivity contribution in [3.63, 3.8) is 0 Å². The Bertz CT molecular complexity index is 931. The molecule has 0 heterocycles. The van der Waals surface area contributed by atoms with Gasteiger partial charge in [0.2, 0.25) is 0 Å². The molecule has 4 heteroatoms. The molecule has 5 aliphatic rings. The van der Waals surface area contributed by atoms with Crippen molar-refractivity contribution in [3.05, 3.63) is 70.8 Å². The van der Waals surface area contributed by atoms with Crippen molar-refractivity contribution in [2.45, 2.75) is 88.3 Å². The van der Waals surface area contributed by atoms with Gasteiger partial charge in [-0.2, -0.15) is 0 Å². The van der Waals surface area contributed by atoms with E-state index < -0.39 is 12.2 Å². The van der Waals surface area contributed by atoms with Crippen molar-refractivity contribution in [3.8, 4) is 0 Å². The molecule has 34 heavy (non-hydrogen) atoms. The zero-order valence-corrected chi connectivity index (χ0v) is 19.8. The van der Waals surface area contributed by atoms with E-state index in [4.69, 9.17) is 9.47 Å². The van der Waals surface area contributed by atoms with Crippen LogP contribution in [0.15, 0.2) is 48.5 Å². The highest BCUT2D eigenvalue weighted by atomic mass is 16.6. The number of benzene rings is 2. The Morgan fingerprint density at radius 3 is 1.18 bits per heavy atom. The molecule has 2 atom stereocenters. The summed E-state index contributed by atoms with van der Waals surface area (Å²) in [5, 5.41) is 0. The van der Waals surface area contributed by atoms with Crippen LogP contribution in [0.3, 0.4) is 0 Å². The van der Waals surface area contributed by atoms with E-state index in [1.54, 1.807) is 0 Å². The Kier molecular flexibility index (Phi) is 5.92. The molecule has 7 rings (SSSR count). The van der Waals surface area contributed by atoms with Crippen LogP contribution < -0.4 is 0 Å². The summed E-state index contributed by atoms with van der Waals surface area (Å²) in [7, 11) is 0. The van der Waals surface area contributed by atoms with Crippen molar-refractivity contribution >= 4 is 11.9 Å². The van der Waals surface area contributed by atoms with Crippen molar-refractivity contribution in [1.29, 1.82) is 0 Å². The van der Waals surface area contributed by atoms with Gasteiger partial charge >= 0.3 is 11.9 Å². The highest BCUT2D eigenvalue weighted by Crippen LogP contribution is 2.55. The number of esters is 2. The summed E-state index contributed by atoms with van der Waals surface area (Å²) < 4.78 is 12.7. The third-order valence-corrected chi connectivity index (χ3v) is 8.69. The molecule has 0 spiro atoms. The zero-order chi connectivity index (χ0) is 23.1. The topological polar surface area (TPSA) is 52.6 Å². The number of ether oxygens (including phenoxy) is 2. The van der Waals surface area contributed by atoms with E-state index in [-0.39, 0.29) is 35.6 Å². The Morgan fingerprint density at radius 2 is 0.853 bits per heavy atom. The average molecular weight is 459 g/mol. The molecule has 178 valence electrons. The van der Waals surface area contributed by atoms with E-state index in [2.05, 4.69) is 48.5 Å². The second-order valence-corrected chi connectivity index (χ2v) is 10.7. The lowest BCUT2D eigenvalue weighted by Gasteiger charge is -2.49. The normalized spacial score (nSPS) is 28.6. The summed E-state index contributed by atoms with van der Waals surface area (Å²) in [4.78, 5) is 26.7. The van der Waals surface area contributed by atoms with Gasteiger partial charge in [-0.05, 0) is 47.9 Å². The molecule has 2 fully saturated rings. The number of hydrogen-bond acceptors (Lipinski definition) is 4. The molecule has 2 unspecified atom stereocenters. The van der Waals surface area contributed by atoms with Crippen LogP contribution in [0.1, 0.15) is 98.3 Å². The van der Waals surface area contributed by atoms with Crippen molar-refractivity contribution < 1.29 is 19.1 Å². The minimum Gasteiger partial charge on any atom is -0.457 e. The van der Waals surface area contributed by atoms with Gasteiger partial charge in [0.15, 0.2) is 12.2 Å². The van der Waals surface area contributed by atoms with E-state index in [1.165, 1.54) is 35.1 Å². The summed E-state index contributed by atoms with van der Waals surface area (Å²) >= 11 is 0. The summed E-state index contributed by atoms with van der Waals surface area (Å²) in [5.74, 6) is -0.483. The summed E-state index contributed by atoms with van der Waals surface area (Å²) in [5.41, 5.74) is 4.82. The second kappa shape index (κ2) is 9.20. The fourth-order valence-corrected chi connectivity index (χ4v) is 6.98. The van der Waals surface area contributed by atoms with Crippen LogP contribution in [0.2, 0.25) is 0 Å². The molecule has 2 aromatic carbocycles. The fraction of sp³-hybridized carbons (Fsp3) is 0.533. The van der Waals surface area contributed by atoms with Gasteiger partial charge < -0.3 is 9.47 Å². The van der Waals surface area contributed by atoms with E-state index in [0.29, 0.717) is 0 Å². The van der Waals surface area contributed by atoms with Gasteiger partial charge in [0.05, 0.1) is 23.7 Å². The van der Waals surface area contributed by atoms with Crippen LogP contribution >= 0.6 is 0 Å². The van der Waals surface area contributed by atoms with Crippen LogP contribution in [0.5, 0.6) is 0 Å². The van der Waals surface area contributed by atoms with E-state index in [1.807, 2.05) is 0 Å². The minimum absolute atomic E-state index is 0.0330. The number of hydrogen-bond donors (Lipinski definition) is 0. The van der Waals surface area contributed by atoms with Gasteiger partial charge in [0, 0.05) is 0 Å². The molecule has 5 aliphatic carbocycles. The van der Waals surface area contributed by atoms with Crippen LogP contribution in [0.25, 0.3) is 0 Å². The lowest BCUT2D eigenvalue weighted by Crippen LogP contribution is -2.52. The first-order valence-corrected chi connectivity index (χ1v) is 13.3. The monoisotopic (exact) mass is 458 g/mol. The van der Waals surface area contributed by atoms with Gasteiger partial charge in [-0.3, -0.25) is 9.59 Å². The van der Waals surface area contributed by atoms with Gasteiger partial charge in [0.1, 0.15) is 0 Å². The quantitative estimate of drug-likeness (QED) is 0.507. The first kappa shape index (κ1) is 21.9. The van der Waals surface area contributed by atoms with Gasteiger partial charge in [-0.1, -0.05) is 87.1 Å². The number of fused-ring (bicyclic) bond motifs is 1. The molecular formula is C30H34O4. The lowest BCUT2D eigenvalue weighted by molar-refractivity contribution is -0.179. The predicted molar refractivity (Wildman–Crippen MR) is 129 cm³/mol. The Balaban J connectivity index is 1.38. The molecule has 0 N–H and O–H groups in total. The molecule has 2 bridgehead atoms. The third-order valence-electron chi connectivity index (χ3n) is 8.69. The standard InChI is InChI=1S/C30H34O4/c31-29(19-11-3-1-4-12-19)33-27-25-21-15-7-9-17-23(21)26(24-18-10-8-16-22(24)25)28(27)34-30(32)20-13-5-2-6-14-20/h7-10,15-20,25-28H,1-6,11-14H2. The van der Waals surface area contributed by atoms with Gasteiger partial charge in [-0.25, -0.2) is 0 Å². The molecule has 0 aliphatic heterocycles. The van der Waals surface area contributed by atoms with Crippen LogP contribution in [0.4, 0.5) is 0 Å². The molecule has 2 saturated carbocycles. The Labute approximate surface area is 202 Å². The SMILES string of the molecule is O=C(OC1C2c3ccccc3C(c3ccccc32)C1OC(=O)C1CCCCC1)C1CCCCC1. The minimum atomic E-state index is -0.475. The van der Waals surface area contributed by atoms with E-state index in [9.17, 15) is 9.59 Å². The largest absolute Gasteiger partial charge is 0.457 e. The van der Waals surface area contributed by atoms with E-state index in [0.717, 1.165) is 51.4 Å². The smallest absolute Gasteiger partial charge is 0.309 e. The van der Waals surface area contributed by atoms with Crippen LogP contribution in [-0.4, -0.2) is 24.1 Å². The molecule has 0 amide bonds. The van der Waals surface area contributed by atoms with Crippen molar-refractivity contribution in [2.75, 3.05) is 0 Å². The van der Waals surface area contributed by atoms with Crippen LogP contribution in [0, 0.1) is 11.8 Å².